The van der Waals surface area contributed by atoms with Crippen LogP contribution in [-0.2, 0) is 11.3 Å². The zero-order chi connectivity index (χ0) is 13.5. The molecule has 7 heteroatoms. The molecule has 0 bridgehead atoms. The van der Waals surface area contributed by atoms with Gasteiger partial charge in [-0.3, -0.25) is 4.68 Å². The van der Waals surface area contributed by atoms with Crippen molar-refractivity contribution >= 4 is 15.9 Å². The molecule has 18 heavy (non-hydrogen) atoms. The Hall–Kier alpha value is -0.530. The second-order valence-corrected chi connectivity index (χ2v) is 4.73. The van der Waals surface area contributed by atoms with Crippen LogP contribution in [0.5, 0.6) is 0 Å². The lowest BCUT2D eigenvalue weighted by atomic mass is 10.2. The standard InChI is InChI=1S/C11H17BrF2N2O2/c1-2-4-16-11(8(12)6-15-16)9(17)3-5-18-7-10(13)14/h6,9-10,17H,2-5,7H2,1H3. The van der Waals surface area contributed by atoms with Crippen molar-refractivity contribution in [3.05, 3.63) is 16.4 Å². The number of aromatic nitrogens is 2. The van der Waals surface area contributed by atoms with Crippen LogP contribution in [0.4, 0.5) is 8.78 Å². The Labute approximate surface area is 113 Å². The lowest BCUT2D eigenvalue weighted by molar-refractivity contribution is 0.00385. The molecule has 1 aromatic heterocycles. The molecule has 1 unspecified atom stereocenters. The van der Waals surface area contributed by atoms with E-state index in [1.165, 1.54) is 0 Å². The van der Waals surface area contributed by atoms with Crippen LogP contribution in [0.2, 0.25) is 0 Å². The summed E-state index contributed by atoms with van der Waals surface area (Å²) in [6, 6.07) is 0. The Morgan fingerprint density at radius 1 is 1.56 bits per heavy atom. The summed E-state index contributed by atoms with van der Waals surface area (Å²) in [5.41, 5.74) is 0.664. The van der Waals surface area contributed by atoms with E-state index in [0.717, 1.165) is 10.9 Å². The maximum atomic E-state index is 11.9. The zero-order valence-corrected chi connectivity index (χ0v) is 11.7. The third-order valence-electron chi connectivity index (χ3n) is 2.36. The van der Waals surface area contributed by atoms with Crippen LogP contribution in [0.3, 0.4) is 0 Å². The van der Waals surface area contributed by atoms with E-state index >= 15 is 0 Å². The van der Waals surface area contributed by atoms with Gasteiger partial charge in [0, 0.05) is 19.6 Å². The third kappa shape index (κ3) is 4.62. The molecule has 0 spiro atoms. The van der Waals surface area contributed by atoms with Crippen LogP contribution in [0.15, 0.2) is 10.7 Å². The highest BCUT2D eigenvalue weighted by Crippen LogP contribution is 2.25. The predicted molar refractivity (Wildman–Crippen MR) is 66.6 cm³/mol. The first kappa shape index (κ1) is 15.5. The summed E-state index contributed by atoms with van der Waals surface area (Å²) in [6.07, 6.45) is -0.462. The molecule has 1 rings (SSSR count). The second-order valence-electron chi connectivity index (χ2n) is 3.87. The number of hydrogen-bond acceptors (Lipinski definition) is 3. The van der Waals surface area contributed by atoms with Gasteiger partial charge in [-0.25, -0.2) is 8.78 Å². The average Bonchev–Trinajstić information content (AvgIpc) is 2.66. The topological polar surface area (TPSA) is 47.3 Å². The molecular weight excluding hydrogens is 310 g/mol. The lowest BCUT2D eigenvalue weighted by Gasteiger charge is -2.14. The van der Waals surface area contributed by atoms with Gasteiger partial charge in [-0.1, -0.05) is 6.92 Å². The Kier molecular flexibility index (Phi) is 6.73. The number of aliphatic hydroxyl groups excluding tert-OH is 1. The van der Waals surface area contributed by atoms with E-state index in [9.17, 15) is 13.9 Å². The van der Waals surface area contributed by atoms with E-state index in [1.807, 2.05) is 6.92 Å². The molecule has 0 saturated heterocycles. The highest BCUT2D eigenvalue weighted by Gasteiger charge is 2.17. The Morgan fingerprint density at radius 3 is 2.89 bits per heavy atom. The van der Waals surface area contributed by atoms with Gasteiger partial charge in [0.05, 0.1) is 22.5 Å². The summed E-state index contributed by atoms with van der Waals surface area (Å²) in [7, 11) is 0. The minimum atomic E-state index is -2.47. The van der Waals surface area contributed by atoms with Crippen molar-refractivity contribution in [2.24, 2.45) is 0 Å². The predicted octanol–water partition coefficient (Wildman–Crippen LogP) is 2.76. The molecular formula is C11H17BrF2N2O2. The first-order valence-corrected chi connectivity index (χ1v) is 6.60. The monoisotopic (exact) mass is 326 g/mol. The fraction of sp³-hybridized carbons (Fsp3) is 0.727. The SMILES string of the molecule is CCCn1ncc(Br)c1C(O)CCOCC(F)F. The normalized spacial score (nSPS) is 13.2. The molecule has 1 atom stereocenters. The van der Waals surface area contributed by atoms with Gasteiger partial charge in [-0.05, 0) is 22.4 Å². The maximum absolute atomic E-state index is 11.9. The number of nitrogens with zero attached hydrogens (tertiary/aromatic N) is 2. The summed E-state index contributed by atoms with van der Waals surface area (Å²) in [5, 5.41) is 14.1. The smallest absolute Gasteiger partial charge is 0.261 e. The van der Waals surface area contributed by atoms with Gasteiger partial charge in [-0.15, -0.1) is 0 Å². The van der Waals surface area contributed by atoms with Gasteiger partial charge in [0.15, 0.2) is 0 Å². The molecule has 0 radical (unpaired) electrons. The number of hydrogen-bond donors (Lipinski definition) is 1. The van der Waals surface area contributed by atoms with E-state index < -0.39 is 19.1 Å². The highest BCUT2D eigenvalue weighted by atomic mass is 79.9. The van der Waals surface area contributed by atoms with Crippen LogP contribution >= 0.6 is 15.9 Å². The molecule has 104 valence electrons. The van der Waals surface area contributed by atoms with Gasteiger partial charge >= 0.3 is 0 Å². The Bertz CT molecular complexity index is 361. The van der Waals surface area contributed by atoms with Crippen molar-refractivity contribution in [2.45, 2.75) is 38.8 Å². The van der Waals surface area contributed by atoms with E-state index in [2.05, 4.69) is 21.0 Å². The van der Waals surface area contributed by atoms with Crippen LogP contribution in [0, 0.1) is 0 Å². The van der Waals surface area contributed by atoms with Gasteiger partial charge < -0.3 is 9.84 Å². The number of ether oxygens (including phenoxy) is 1. The molecule has 1 aromatic rings. The summed E-state index contributed by atoms with van der Waals surface area (Å²) < 4.78 is 30.9. The summed E-state index contributed by atoms with van der Waals surface area (Å²) in [4.78, 5) is 0. The summed E-state index contributed by atoms with van der Waals surface area (Å²) in [6.45, 7) is 2.21. The van der Waals surface area contributed by atoms with Crippen molar-refractivity contribution in [3.8, 4) is 0 Å². The molecule has 1 heterocycles. The van der Waals surface area contributed by atoms with Crippen molar-refractivity contribution < 1.29 is 18.6 Å². The van der Waals surface area contributed by atoms with Crippen molar-refractivity contribution in [3.63, 3.8) is 0 Å². The van der Waals surface area contributed by atoms with E-state index in [4.69, 9.17) is 4.74 Å². The van der Waals surface area contributed by atoms with Gasteiger partial charge in [0.1, 0.15) is 6.61 Å². The highest BCUT2D eigenvalue weighted by molar-refractivity contribution is 9.10. The largest absolute Gasteiger partial charge is 0.387 e. The molecule has 0 fully saturated rings. The van der Waals surface area contributed by atoms with Crippen LogP contribution < -0.4 is 0 Å². The molecule has 0 aromatic carbocycles. The van der Waals surface area contributed by atoms with Crippen LogP contribution in [-0.4, -0.2) is 34.5 Å². The van der Waals surface area contributed by atoms with Crippen molar-refractivity contribution in [1.29, 1.82) is 0 Å². The Balaban J connectivity index is 2.49. The number of aryl methyl sites for hydroxylation is 1. The molecule has 1 N–H and O–H groups in total. The molecule has 4 nitrogen and oxygen atoms in total. The number of rotatable bonds is 8. The molecule has 0 amide bonds. The third-order valence-corrected chi connectivity index (χ3v) is 2.97. The Morgan fingerprint density at radius 2 is 2.28 bits per heavy atom. The van der Waals surface area contributed by atoms with E-state index in [1.54, 1.807) is 10.9 Å². The summed E-state index contributed by atoms with van der Waals surface area (Å²) in [5.74, 6) is 0. The zero-order valence-electron chi connectivity index (χ0n) is 10.2. The van der Waals surface area contributed by atoms with Gasteiger partial charge in [-0.2, -0.15) is 5.10 Å². The van der Waals surface area contributed by atoms with E-state index in [0.29, 0.717) is 12.2 Å². The average molecular weight is 327 g/mol. The van der Waals surface area contributed by atoms with Gasteiger partial charge in [0.25, 0.3) is 6.43 Å². The first-order chi connectivity index (χ1) is 8.56. The second kappa shape index (κ2) is 7.81. The molecule has 0 aliphatic rings. The fourth-order valence-corrected chi connectivity index (χ4v) is 2.16. The summed E-state index contributed by atoms with van der Waals surface area (Å²) >= 11 is 3.32. The molecule has 0 aliphatic carbocycles. The quantitative estimate of drug-likeness (QED) is 0.747. The molecule has 0 saturated carbocycles. The fourth-order valence-electron chi connectivity index (χ4n) is 1.60. The first-order valence-electron chi connectivity index (χ1n) is 5.81. The van der Waals surface area contributed by atoms with E-state index in [-0.39, 0.29) is 13.0 Å². The maximum Gasteiger partial charge on any atom is 0.261 e. The number of aliphatic hydroxyl groups is 1. The van der Waals surface area contributed by atoms with Crippen LogP contribution in [0.25, 0.3) is 0 Å². The minimum absolute atomic E-state index is 0.0925. The minimum Gasteiger partial charge on any atom is -0.387 e. The van der Waals surface area contributed by atoms with Crippen LogP contribution in [0.1, 0.15) is 31.6 Å². The van der Waals surface area contributed by atoms with Gasteiger partial charge in [0.2, 0.25) is 0 Å². The lowest BCUT2D eigenvalue weighted by Crippen LogP contribution is -2.13. The van der Waals surface area contributed by atoms with Crippen molar-refractivity contribution in [1.82, 2.24) is 9.78 Å². The molecule has 0 aliphatic heterocycles. The number of alkyl halides is 2. The number of halogens is 3. The van der Waals surface area contributed by atoms with Crippen molar-refractivity contribution in [2.75, 3.05) is 13.2 Å².